The number of aromatic nitrogens is 1. The second-order valence-electron chi connectivity index (χ2n) is 6.60. The summed E-state index contributed by atoms with van der Waals surface area (Å²) in [5.41, 5.74) is -0.765. The van der Waals surface area contributed by atoms with Crippen molar-refractivity contribution in [3.8, 4) is 11.5 Å². The molecule has 0 aliphatic rings. The molecule has 0 aliphatic carbocycles. The second-order valence-corrected chi connectivity index (χ2v) is 6.60. The van der Waals surface area contributed by atoms with Gasteiger partial charge in [-0.2, -0.15) is 0 Å². The molecular formula is C21H17N5O8. The first kappa shape index (κ1) is 23.6. The minimum atomic E-state index is -0.674. The van der Waals surface area contributed by atoms with Crippen LogP contribution in [0.5, 0.6) is 11.5 Å². The van der Waals surface area contributed by atoms with E-state index in [-0.39, 0.29) is 45.6 Å². The number of nitro groups is 2. The average Bonchev–Trinajstić information content (AvgIpc) is 2.83. The minimum Gasteiger partial charge on any atom is -0.490 e. The molecule has 34 heavy (non-hydrogen) atoms. The van der Waals surface area contributed by atoms with E-state index in [1.807, 2.05) is 0 Å². The van der Waals surface area contributed by atoms with Gasteiger partial charge in [0, 0.05) is 23.3 Å². The van der Waals surface area contributed by atoms with Crippen LogP contribution in [0.3, 0.4) is 0 Å². The molecule has 0 spiro atoms. The summed E-state index contributed by atoms with van der Waals surface area (Å²) in [4.78, 5) is 50.2. The van der Waals surface area contributed by atoms with Crippen molar-refractivity contribution in [2.24, 2.45) is 0 Å². The molecule has 1 aromatic heterocycles. The maximum absolute atomic E-state index is 12.5. The van der Waals surface area contributed by atoms with Gasteiger partial charge in [-0.1, -0.05) is 6.07 Å². The zero-order valence-corrected chi connectivity index (χ0v) is 17.8. The minimum absolute atomic E-state index is 0.00292. The molecule has 0 unspecified atom stereocenters. The van der Waals surface area contributed by atoms with Crippen molar-refractivity contribution >= 4 is 34.8 Å². The zero-order valence-electron chi connectivity index (χ0n) is 17.8. The summed E-state index contributed by atoms with van der Waals surface area (Å²) >= 11 is 0. The first-order valence-electron chi connectivity index (χ1n) is 9.48. The quantitative estimate of drug-likeness (QED) is 0.371. The molecule has 3 aromatic rings. The fraction of sp³-hybridized carbons (Fsp3) is 0.0952. The molecule has 0 aliphatic heterocycles. The summed E-state index contributed by atoms with van der Waals surface area (Å²) in [6, 6.07) is 11.8. The molecule has 2 N–H and O–H groups in total. The smallest absolute Gasteiger partial charge is 0.311 e. The van der Waals surface area contributed by atoms with Gasteiger partial charge in [0.05, 0.1) is 24.1 Å². The third-order valence-corrected chi connectivity index (χ3v) is 4.51. The van der Waals surface area contributed by atoms with Crippen LogP contribution < -0.4 is 20.1 Å². The highest BCUT2D eigenvalue weighted by molar-refractivity contribution is 6.06. The van der Waals surface area contributed by atoms with E-state index in [0.717, 1.165) is 12.1 Å². The molecule has 0 saturated carbocycles. The Bertz CT molecular complexity index is 1200. The third kappa shape index (κ3) is 5.21. The molecule has 0 atom stereocenters. The number of nitrogens with one attached hydrogen (secondary N) is 2. The zero-order chi connectivity index (χ0) is 24.8. The maximum atomic E-state index is 12.5. The lowest BCUT2D eigenvalue weighted by atomic mass is 10.1. The number of methoxy groups -OCH3 is 2. The van der Waals surface area contributed by atoms with Crippen molar-refractivity contribution in [1.29, 1.82) is 0 Å². The van der Waals surface area contributed by atoms with E-state index in [1.54, 1.807) is 0 Å². The lowest BCUT2D eigenvalue weighted by molar-refractivity contribution is -0.385. The number of hydrogen-bond acceptors (Lipinski definition) is 9. The molecule has 1 heterocycles. The molecule has 174 valence electrons. The predicted molar refractivity (Wildman–Crippen MR) is 119 cm³/mol. The van der Waals surface area contributed by atoms with Crippen molar-refractivity contribution in [2.75, 3.05) is 24.9 Å². The number of anilines is 2. The normalized spacial score (nSPS) is 10.2. The van der Waals surface area contributed by atoms with Crippen LogP contribution in [-0.4, -0.2) is 40.9 Å². The van der Waals surface area contributed by atoms with Crippen molar-refractivity contribution in [3.63, 3.8) is 0 Å². The standard InChI is InChI=1S/C21H17N5O8/c1-33-16-8-6-12(10-14(16)25(29)30)20(27)23-18-4-3-5-19(22-18)24-21(28)13-7-9-17(34-2)15(11-13)26(31)32/h3-11H,1-2H3,(H2,22,23,24,27,28). The summed E-state index contributed by atoms with van der Waals surface area (Å²) in [6.45, 7) is 0. The Morgan fingerprint density at radius 3 is 1.53 bits per heavy atom. The first-order valence-corrected chi connectivity index (χ1v) is 9.48. The van der Waals surface area contributed by atoms with Gasteiger partial charge >= 0.3 is 11.4 Å². The molecule has 0 bridgehead atoms. The number of hydrogen-bond donors (Lipinski definition) is 2. The van der Waals surface area contributed by atoms with Crippen molar-refractivity contribution < 1.29 is 28.9 Å². The van der Waals surface area contributed by atoms with Gasteiger partial charge < -0.3 is 20.1 Å². The lowest BCUT2D eigenvalue weighted by Crippen LogP contribution is -2.16. The third-order valence-electron chi connectivity index (χ3n) is 4.51. The van der Waals surface area contributed by atoms with Crippen LogP contribution in [0.4, 0.5) is 23.0 Å². The van der Waals surface area contributed by atoms with Gasteiger partial charge in [0.15, 0.2) is 11.5 Å². The number of carbonyl (C=O) groups excluding carboxylic acids is 2. The molecule has 13 heteroatoms. The molecular weight excluding hydrogens is 450 g/mol. The summed E-state index contributed by atoms with van der Waals surface area (Å²) in [6.07, 6.45) is 0. The van der Waals surface area contributed by atoms with Gasteiger partial charge in [-0.15, -0.1) is 0 Å². The van der Waals surface area contributed by atoms with E-state index in [2.05, 4.69) is 15.6 Å². The molecule has 0 radical (unpaired) electrons. The summed E-state index contributed by atoms with van der Waals surface area (Å²) in [7, 11) is 2.55. The van der Waals surface area contributed by atoms with E-state index in [4.69, 9.17) is 9.47 Å². The highest BCUT2D eigenvalue weighted by Gasteiger charge is 2.20. The SMILES string of the molecule is COc1ccc(C(=O)Nc2cccc(NC(=O)c3ccc(OC)c([N+](=O)[O-])c3)n2)cc1[N+](=O)[O-]. The van der Waals surface area contributed by atoms with E-state index in [1.165, 1.54) is 56.7 Å². The highest BCUT2D eigenvalue weighted by Crippen LogP contribution is 2.29. The molecule has 2 amide bonds. The predicted octanol–water partition coefficient (Wildman–Crippen LogP) is 3.42. The first-order chi connectivity index (χ1) is 16.2. The monoisotopic (exact) mass is 467 g/mol. The van der Waals surface area contributed by atoms with Crippen molar-refractivity contribution in [3.05, 3.63) is 86.0 Å². The van der Waals surface area contributed by atoms with E-state index < -0.39 is 21.7 Å². The topological polar surface area (TPSA) is 176 Å². The van der Waals surface area contributed by atoms with Gasteiger partial charge in [0.1, 0.15) is 11.6 Å². The summed E-state index contributed by atoms with van der Waals surface area (Å²) in [5.74, 6) is -1.23. The summed E-state index contributed by atoms with van der Waals surface area (Å²) < 4.78 is 9.82. The fourth-order valence-corrected chi connectivity index (χ4v) is 2.90. The van der Waals surface area contributed by atoms with E-state index >= 15 is 0 Å². The fourth-order valence-electron chi connectivity index (χ4n) is 2.90. The number of ether oxygens (including phenoxy) is 2. The number of nitro benzene ring substituents is 2. The van der Waals surface area contributed by atoms with Crippen LogP contribution >= 0.6 is 0 Å². The van der Waals surface area contributed by atoms with Gasteiger partial charge in [-0.25, -0.2) is 4.98 Å². The Balaban J connectivity index is 1.77. The van der Waals surface area contributed by atoms with Crippen molar-refractivity contribution in [1.82, 2.24) is 4.98 Å². The number of amides is 2. The van der Waals surface area contributed by atoms with Gasteiger partial charge in [-0.05, 0) is 36.4 Å². The van der Waals surface area contributed by atoms with Gasteiger partial charge in [0.2, 0.25) is 0 Å². The largest absolute Gasteiger partial charge is 0.490 e. The number of pyridine rings is 1. The van der Waals surface area contributed by atoms with Crippen LogP contribution in [0.2, 0.25) is 0 Å². The van der Waals surface area contributed by atoms with Crippen LogP contribution in [0, 0.1) is 20.2 Å². The van der Waals surface area contributed by atoms with E-state index in [9.17, 15) is 29.8 Å². The van der Waals surface area contributed by atoms with Crippen molar-refractivity contribution in [2.45, 2.75) is 0 Å². The maximum Gasteiger partial charge on any atom is 0.311 e. The second kappa shape index (κ2) is 10.0. The Morgan fingerprint density at radius 2 is 1.18 bits per heavy atom. The number of benzene rings is 2. The molecule has 3 rings (SSSR count). The Kier molecular flexibility index (Phi) is 6.96. The van der Waals surface area contributed by atoms with Crippen LogP contribution in [0.25, 0.3) is 0 Å². The number of nitrogens with zero attached hydrogens (tertiary/aromatic N) is 3. The average molecular weight is 467 g/mol. The molecule has 0 saturated heterocycles. The van der Waals surface area contributed by atoms with Gasteiger partial charge in [-0.3, -0.25) is 29.8 Å². The Labute approximate surface area is 191 Å². The Morgan fingerprint density at radius 1 is 0.765 bits per heavy atom. The van der Waals surface area contributed by atoms with Crippen LogP contribution in [-0.2, 0) is 0 Å². The molecule has 0 fully saturated rings. The highest BCUT2D eigenvalue weighted by atomic mass is 16.6. The van der Waals surface area contributed by atoms with Crippen LogP contribution in [0.1, 0.15) is 20.7 Å². The Hall–Kier alpha value is -5.07. The van der Waals surface area contributed by atoms with Crippen LogP contribution in [0.15, 0.2) is 54.6 Å². The van der Waals surface area contributed by atoms with Gasteiger partial charge in [0.25, 0.3) is 11.8 Å². The number of rotatable bonds is 8. The summed E-state index contributed by atoms with van der Waals surface area (Å²) in [5, 5.41) is 27.3. The molecule has 2 aromatic carbocycles. The molecule has 13 nitrogen and oxygen atoms in total. The lowest BCUT2D eigenvalue weighted by Gasteiger charge is -2.09. The number of carbonyl (C=O) groups is 2. The van der Waals surface area contributed by atoms with E-state index in [0.29, 0.717) is 0 Å².